The summed E-state index contributed by atoms with van der Waals surface area (Å²) in [5, 5.41) is 0. The average Bonchev–Trinajstić information content (AvgIpc) is 2.70. The van der Waals surface area contributed by atoms with Crippen LogP contribution in [-0.2, 0) is 0 Å². The Kier molecular flexibility index (Phi) is 3.43. The van der Waals surface area contributed by atoms with Crippen molar-refractivity contribution in [2.45, 2.75) is 25.2 Å². The van der Waals surface area contributed by atoms with E-state index in [4.69, 9.17) is 4.99 Å². The van der Waals surface area contributed by atoms with Gasteiger partial charge >= 0.3 is 0 Å². The highest BCUT2D eigenvalue weighted by molar-refractivity contribution is 8.03. The lowest BCUT2D eigenvalue weighted by molar-refractivity contribution is 0.884. The number of rotatable bonds is 1. The van der Waals surface area contributed by atoms with Gasteiger partial charge in [-0.3, -0.25) is 4.99 Å². The predicted molar refractivity (Wildman–Crippen MR) is 84.2 cm³/mol. The Morgan fingerprint density at radius 1 is 1.11 bits per heavy atom. The van der Waals surface area contributed by atoms with Gasteiger partial charge in [0.15, 0.2) is 0 Å². The molecule has 2 heteroatoms. The van der Waals surface area contributed by atoms with Crippen molar-refractivity contribution in [3.05, 3.63) is 59.0 Å². The maximum atomic E-state index is 4.92. The predicted octanol–water partition coefficient (Wildman–Crippen LogP) is 5.29. The Labute approximate surface area is 118 Å². The second kappa shape index (κ2) is 5.22. The minimum atomic E-state index is 0.424. The molecule has 0 atom stereocenters. The third kappa shape index (κ3) is 2.45. The van der Waals surface area contributed by atoms with Crippen LogP contribution in [0.3, 0.4) is 0 Å². The first-order valence-corrected chi connectivity index (χ1v) is 7.50. The fourth-order valence-corrected chi connectivity index (χ4v) is 3.35. The number of para-hydroxylation sites is 1. The molecule has 0 radical (unpaired) electrons. The van der Waals surface area contributed by atoms with Crippen LogP contribution in [0.5, 0.6) is 0 Å². The van der Waals surface area contributed by atoms with E-state index in [0.29, 0.717) is 5.92 Å². The van der Waals surface area contributed by atoms with E-state index in [-0.39, 0.29) is 0 Å². The summed E-state index contributed by atoms with van der Waals surface area (Å²) >= 11 is 1.82. The Morgan fingerprint density at radius 3 is 2.74 bits per heavy atom. The van der Waals surface area contributed by atoms with Crippen molar-refractivity contribution in [2.75, 3.05) is 0 Å². The van der Waals surface area contributed by atoms with Crippen LogP contribution in [0.25, 0.3) is 0 Å². The van der Waals surface area contributed by atoms with E-state index >= 15 is 0 Å². The zero-order valence-corrected chi connectivity index (χ0v) is 12.1. The highest BCUT2D eigenvalue weighted by Gasteiger charge is 2.19. The SMILES string of the molecule is CC(C)C1=Nc2ccccc2SC2=C1C=CCC=C2. The molecule has 96 valence electrons. The van der Waals surface area contributed by atoms with Gasteiger partial charge in [0.25, 0.3) is 0 Å². The summed E-state index contributed by atoms with van der Waals surface area (Å²) in [7, 11) is 0. The van der Waals surface area contributed by atoms with Gasteiger partial charge in [-0.1, -0.05) is 62.0 Å². The summed E-state index contributed by atoms with van der Waals surface area (Å²) in [4.78, 5) is 7.47. The van der Waals surface area contributed by atoms with Crippen LogP contribution in [-0.4, -0.2) is 5.71 Å². The zero-order valence-electron chi connectivity index (χ0n) is 11.3. The van der Waals surface area contributed by atoms with Crippen molar-refractivity contribution in [3.8, 4) is 0 Å². The third-order valence-electron chi connectivity index (χ3n) is 3.24. The maximum absolute atomic E-state index is 4.92. The summed E-state index contributed by atoms with van der Waals surface area (Å²) in [6, 6.07) is 8.39. The van der Waals surface area contributed by atoms with E-state index in [2.05, 4.69) is 62.4 Å². The van der Waals surface area contributed by atoms with Crippen molar-refractivity contribution < 1.29 is 0 Å². The number of hydrogen-bond donors (Lipinski definition) is 0. The van der Waals surface area contributed by atoms with Gasteiger partial charge in [0, 0.05) is 15.4 Å². The maximum Gasteiger partial charge on any atom is 0.0772 e. The highest BCUT2D eigenvalue weighted by Crippen LogP contribution is 2.41. The van der Waals surface area contributed by atoms with Crippen LogP contribution >= 0.6 is 11.8 Å². The van der Waals surface area contributed by atoms with Gasteiger partial charge in [0.1, 0.15) is 0 Å². The standard InChI is InChI=1S/C17H17NS/c1-12(2)17-13-8-4-3-5-10-15(13)19-16-11-7-6-9-14(16)18-17/h4-12H,3H2,1-2H3. The molecule has 1 nitrogen and oxygen atoms in total. The molecule has 1 aromatic rings. The van der Waals surface area contributed by atoms with E-state index in [1.807, 2.05) is 11.8 Å². The molecule has 0 bridgehead atoms. The van der Waals surface area contributed by atoms with Crippen molar-refractivity contribution in [3.63, 3.8) is 0 Å². The van der Waals surface area contributed by atoms with E-state index in [1.54, 1.807) is 0 Å². The van der Waals surface area contributed by atoms with Crippen LogP contribution in [0.1, 0.15) is 20.3 Å². The summed E-state index contributed by atoms with van der Waals surface area (Å²) in [6.07, 6.45) is 9.90. The molecule has 0 unspecified atom stereocenters. The van der Waals surface area contributed by atoms with Crippen LogP contribution in [0, 0.1) is 5.92 Å². The molecule has 0 spiro atoms. The first kappa shape index (κ1) is 12.5. The number of benzene rings is 1. The number of fused-ring (bicyclic) bond motifs is 1. The molecule has 1 heterocycles. The van der Waals surface area contributed by atoms with Crippen LogP contribution in [0.2, 0.25) is 0 Å². The van der Waals surface area contributed by atoms with E-state index in [9.17, 15) is 0 Å². The first-order chi connectivity index (χ1) is 9.25. The number of hydrogen-bond acceptors (Lipinski definition) is 2. The Bertz CT molecular complexity index is 618. The topological polar surface area (TPSA) is 12.4 Å². The molecule has 2 aliphatic rings. The lowest BCUT2D eigenvalue weighted by Gasteiger charge is -2.11. The van der Waals surface area contributed by atoms with E-state index in [1.165, 1.54) is 21.1 Å². The average molecular weight is 267 g/mol. The molecular formula is C17H17NS. The molecule has 19 heavy (non-hydrogen) atoms. The lowest BCUT2D eigenvalue weighted by atomic mass is 9.99. The number of nitrogens with zero attached hydrogens (tertiary/aromatic N) is 1. The molecule has 0 amide bonds. The van der Waals surface area contributed by atoms with Crippen molar-refractivity contribution in [1.82, 2.24) is 0 Å². The summed E-state index contributed by atoms with van der Waals surface area (Å²) in [6.45, 7) is 4.43. The second-order valence-corrected chi connectivity index (χ2v) is 6.12. The van der Waals surface area contributed by atoms with Crippen LogP contribution in [0.15, 0.2) is 68.9 Å². The third-order valence-corrected chi connectivity index (χ3v) is 4.38. The molecule has 1 aliphatic carbocycles. The molecule has 3 rings (SSSR count). The van der Waals surface area contributed by atoms with Gasteiger partial charge in [-0.15, -0.1) is 0 Å². The smallest absolute Gasteiger partial charge is 0.0772 e. The molecule has 0 fully saturated rings. The van der Waals surface area contributed by atoms with Crippen LogP contribution < -0.4 is 0 Å². The first-order valence-electron chi connectivity index (χ1n) is 6.69. The van der Waals surface area contributed by atoms with Crippen LogP contribution in [0.4, 0.5) is 5.69 Å². The van der Waals surface area contributed by atoms with Gasteiger partial charge in [-0.25, -0.2) is 0 Å². The second-order valence-electron chi connectivity index (χ2n) is 5.04. The monoisotopic (exact) mass is 267 g/mol. The van der Waals surface area contributed by atoms with Gasteiger partial charge in [0.2, 0.25) is 0 Å². The van der Waals surface area contributed by atoms with Gasteiger partial charge in [-0.2, -0.15) is 0 Å². The lowest BCUT2D eigenvalue weighted by Crippen LogP contribution is -2.10. The summed E-state index contributed by atoms with van der Waals surface area (Å²) in [5.74, 6) is 0.424. The largest absolute Gasteiger partial charge is 0.251 e. The number of allylic oxidation sites excluding steroid dienone is 5. The minimum absolute atomic E-state index is 0.424. The number of thioether (sulfide) groups is 1. The fraction of sp³-hybridized carbons (Fsp3) is 0.235. The van der Waals surface area contributed by atoms with Crippen molar-refractivity contribution in [2.24, 2.45) is 10.9 Å². The molecule has 0 saturated carbocycles. The van der Waals surface area contributed by atoms with Crippen molar-refractivity contribution >= 4 is 23.2 Å². The van der Waals surface area contributed by atoms with E-state index in [0.717, 1.165) is 12.1 Å². The fourth-order valence-electron chi connectivity index (χ4n) is 2.30. The number of aliphatic imine (C=N–C) groups is 1. The highest BCUT2D eigenvalue weighted by atomic mass is 32.2. The quantitative estimate of drug-likeness (QED) is 0.673. The molecule has 1 aliphatic heterocycles. The summed E-state index contributed by atoms with van der Waals surface area (Å²) in [5.41, 5.74) is 3.56. The van der Waals surface area contributed by atoms with E-state index < -0.39 is 0 Å². The minimum Gasteiger partial charge on any atom is -0.251 e. The molecule has 1 aromatic carbocycles. The molecular weight excluding hydrogens is 250 g/mol. The molecule has 0 N–H and O–H groups in total. The Hall–Kier alpha value is -1.54. The normalized spacial score (nSPS) is 17.7. The van der Waals surface area contributed by atoms with Gasteiger partial charge < -0.3 is 0 Å². The van der Waals surface area contributed by atoms with Crippen molar-refractivity contribution in [1.29, 1.82) is 0 Å². The Morgan fingerprint density at radius 2 is 1.89 bits per heavy atom. The summed E-state index contributed by atoms with van der Waals surface area (Å²) < 4.78 is 0. The molecule has 0 aromatic heterocycles. The van der Waals surface area contributed by atoms with Gasteiger partial charge in [-0.05, 0) is 24.5 Å². The Balaban J connectivity index is 2.22. The molecule has 0 saturated heterocycles. The zero-order chi connectivity index (χ0) is 13.2. The van der Waals surface area contributed by atoms with Gasteiger partial charge in [0.05, 0.1) is 11.4 Å².